The Labute approximate surface area is 248 Å². The van der Waals surface area contributed by atoms with E-state index in [1.807, 2.05) is 0 Å². The molecule has 1 unspecified atom stereocenters. The predicted octanol–water partition coefficient (Wildman–Crippen LogP) is 7.17. The second-order valence-corrected chi connectivity index (χ2v) is 10.3. The summed E-state index contributed by atoms with van der Waals surface area (Å²) in [7, 11) is 0. The lowest BCUT2D eigenvalue weighted by Gasteiger charge is -2.10. The van der Waals surface area contributed by atoms with Gasteiger partial charge in [-0.3, -0.25) is 0 Å². The van der Waals surface area contributed by atoms with Crippen molar-refractivity contribution in [2.24, 2.45) is 0 Å². The van der Waals surface area contributed by atoms with Crippen molar-refractivity contribution in [2.75, 3.05) is 19.8 Å². The lowest BCUT2D eigenvalue weighted by Crippen LogP contribution is -2.08. The number of benzene rings is 2. The molecule has 0 aliphatic carbocycles. The molecule has 0 spiro atoms. The third kappa shape index (κ3) is 12.2. The van der Waals surface area contributed by atoms with Gasteiger partial charge in [-0.2, -0.15) is 0 Å². The molecule has 2 aromatic carbocycles. The van der Waals surface area contributed by atoms with Crippen LogP contribution < -0.4 is 14.2 Å². The van der Waals surface area contributed by atoms with Gasteiger partial charge in [0.2, 0.25) is 0 Å². The van der Waals surface area contributed by atoms with E-state index in [1.54, 1.807) is 48.5 Å². The molecule has 1 heterocycles. The van der Waals surface area contributed by atoms with Gasteiger partial charge in [-0.25, -0.2) is 14.4 Å². The first-order valence-corrected chi connectivity index (χ1v) is 14.8. The van der Waals surface area contributed by atoms with Gasteiger partial charge < -0.3 is 23.7 Å². The molecule has 1 fully saturated rings. The van der Waals surface area contributed by atoms with Crippen LogP contribution in [0.15, 0.2) is 73.3 Å². The molecule has 0 saturated carbocycles. The first-order valence-electron chi connectivity index (χ1n) is 14.8. The number of carbonyl (C=O) groups is 3. The van der Waals surface area contributed by atoms with Crippen molar-refractivity contribution in [1.29, 1.82) is 0 Å². The summed E-state index contributed by atoms with van der Waals surface area (Å²) < 4.78 is 27.3. The Kier molecular flexibility index (Phi) is 14.2. The molecule has 1 aliphatic rings. The molecule has 226 valence electrons. The van der Waals surface area contributed by atoms with E-state index in [0.717, 1.165) is 70.0 Å². The monoisotopic (exact) mass is 578 g/mol. The lowest BCUT2D eigenvalue weighted by atomic mass is 10.1. The molecule has 0 aromatic heterocycles. The summed E-state index contributed by atoms with van der Waals surface area (Å²) >= 11 is 0. The highest BCUT2D eigenvalue weighted by Gasteiger charge is 2.26. The maximum absolute atomic E-state index is 12.5. The largest absolute Gasteiger partial charge is 0.494 e. The average molecular weight is 579 g/mol. The van der Waals surface area contributed by atoms with Crippen molar-refractivity contribution in [2.45, 2.75) is 76.7 Å². The number of carbonyl (C=O) groups excluding carboxylic acids is 3. The molecule has 8 heteroatoms. The second-order valence-electron chi connectivity index (χ2n) is 10.3. The van der Waals surface area contributed by atoms with Crippen LogP contribution >= 0.6 is 0 Å². The van der Waals surface area contributed by atoms with Gasteiger partial charge in [-0.1, -0.05) is 38.8 Å². The van der Waals surface area contributed by atoms with Gasteiger partial charge in [0.15, 0.2) is 0 Å². The third-order valence-corrected chi connectivity index (χ3v) is 6.82. The normalized spacial score (nSPS) is 14.2. The Balaban J connectivity index is 1.23. The summed E-state index contributed by atoms with van der Waals surface area (Å²) in [5.41, 5.74) is 1.00. The molecular weight excluding hydrogens is 536 g/mol. The van der Waals surface area contributed by atoms with Gasteiger partial charge in [0.05, 0.1) is 25.4 Å². The second kappa shape index (κ2) is 18.4. The van der Waals surface area contributed by atoms with Crippen molar-refractivity contribution in [3.8, 4) is 17.2 Å². The summed E-state index contributed by atoms with van der Waals surface area (Å²) in [5.74, 6) is 0.794. The molecule has 3 rings (SSSR count). The van der Waals surface area contributed by atoms with Crippen molar-refractivity contribution in [3.63, 3.8) is 0 Å². The smallest absolute Gasteiger partial charge is 0.343 e. The molecule has 1 saturated heterocycles. The Morgan fingerprint density at radius 1 is 0.762 bits per heavy atom. The summed E-state index contributed by atoms with van der Waals surface area (Å²) in [6.07, 6.45) is 11.6. The number of rotatable bonds is 20. The number of hydrogen-bond acceptors (Lipinski definition) is 8. The number of esters is 3. The maximum atomic E-state index is 12.5. The Morgan fingerprint density at radius 2 is 1.29 bits per heavy atom. The van der Waals surface area contributed by atoms with Crippen LogP contribution in [0.5, 0.6) is 17.2 Å². The zero-order valence-electron chi connectivity index (χ0n) is 24.4. The first kappa shape index (κ1) is 32.4. The molecule has 1 aliphatic heterocycles. The van der Waals surface area contributed by atoms with Crippen LogP contribution in [-0.4, -0.2) is 43.8 Å². The summed E-state index contributed by atoms with van der Waals surface area (Å²) in [4.78, 5) is 34.9. The predicted molar refractivity (Wildman–Crippen MR) is 160 cm³/mol. The lowest BCUT2D eigenvalue weighted by molar-refractivity contribution is -0.139. The van der Waals surface area contributed by atoms with Gasteiger partial charge in [0, 0.05) is 18.1 Å². The van der Waals surface area contributed by atoms with Gasteiger partial charge in [-0.05, 0) is 87.1 Å². The van der Waals surface area contributed by atoms with E-state index in [1.165, 1.54) is 6.08 Å². The first-order chi connectivity index (χ1) is 20.4. The van der Waals surface area contributed by atoms with Crippen LogP contribution in [0.3, 0.4) is 0 Å². The van der Waals surface area contributed by atoms with Crippen LogP contribution in [0, 0.1) is 0 Å². The summed E-state index contributed by atoms with van der Waals surface area (Å²) in [6, 6.07) is 13.9. The van der Waals surface area contributed by atoms with E-state index < -0.39 is 5.97 Å². The highest BCUT2D eigenvalue weighted by Crippen LogP contribution is 2.23. The molecule has 0 bridgehead atoms. The molecular formula is C34H42O8. The van der Waals surface area contributed by atoms with Crippen molar-refractivity contribution in [3.05, 3.63) is 78.9 Å². The number of cyclic esters (lactones) is 1. The zero-order valence-corrected chi connectivity index (χ0v) is 24.4. The van der Waals surface area contributed by atoms with Gasteiger partial charge in [-0.15, -0.1) is 0 Å². The fourth-order valence-corrected chi connectivity index (χ4v) is 4.43. The minimum Gasteiger partial charge on any atom is -0.494 e. The molecule has 1 atom stereocenters. The Bertz CT molecular complexity index is 1140. The van der Waals surface area contributed by atoms with Crippen molar-refractivity contribution >= 4 is 17.9 Å². The molecule has 0 radical (unpaired) electrons. The molecule has 0 N–H and O–H groups in total. The van der Waals surface area contributed by atoms with Crippen LogP contribution in [0.1, 0.15) is 81.0 Å². The fraction of sp³-hybridized carbons (Fsp3) is 0.441. The SMILES string of the molecule is C=CC(=O)OCCCCCCCCOc1ccc(OC(=O)c2ccc(OCCCCCC3CC(=C)C(=O)O3)cc2)cc1. The molecule has 2 aromatic rings. The third-order valence-electron chi connectivity index (χ3n) is 6.82. The fourth-order valence-electron chi connectivity index (χ4n) is 4.43. The quantitative estimate of drug-likeness (QED) is 0.0706. The van der Waals surface area contributed by atoms with E-state index in [0.29, 0.717) is 48.9 Å². The Morgan fingerprint density at radius 3 is 1.86 bits per heavy atom. The van der Waals surface area contributed by atoms with E-state index in [4.69, 9.17) is 23.7 Å². The number of ether oxygens (including phenoxy) is 5. The van der Waals surface area contributed by atoms with E-state index in [9.17, 15) is 14.4 Å². The standard InChI is InChI=1S/C34H42O8/c1-3-32(35)40-24-11-7-5-4-6-10-22-39-29-18-20-30(21-19-29)41-34(37)27-14-16-28(17-15-27)38-23-12-8-9-13-31-25-26(2)33(36)42-31/h3,14-21,31H,1-2,4-13,22-25H2. The van der Waals surface area contributed by atoms with E-state index in [-0.39, 0.29) is 18.0 Å². The summed E-state index contributed by atoms with van der Waals surface area (Å²) in [6.45, 7) is 8.73. The topological polar surface area (TPSA) is 97.4 Å². The highest BCUT2D eigenvalue weighted by molar-refractivity contribution is 5.91. The van der Waals surface area contributed by atoms with Crippen LogP contribution in [0.4, 0.5) is 0 Å². The van der Waals surface area contributed by atoms with E-state index >= 15 is 0 Å². The van der Waals surface area contributed by atoms with Gasteiger partial charge in [0.25, 0.3) is 0 Å². The highest BCUT2D eigenvalue weighted by atomic mass is 16.6. The van der Waals surface area contributed by atoms with Crippen molar-refractivity contribution < 1.29 is 38.1 Å². The molecule has 0 amide bonds. The average Bonchev–Trinajstić information content (AvgIpc) is 3.32. The van der Waals surface area contributed by atoms with Crippen LogP contribution in [0.25, 0.3) is 0 Å². The van der Waals surface area contributed by atoms with Gasteiger partial charge >= 0.3 is 17.9 Å². The zero-order chi connectivity index (χ0) is 30.0. The minimum atomic E-state index is -0.440. The van der Waals surface area contributed by atoms with Crippen molar-refractivity contribution in [1.82, 2.24) is 0 Å². The van der Waals surface area contributed by atoms with Crippen LogP contribution in [-0.2, 0) is 19.1 Å². The molecule has 8 nitrogen and oxygen atoms in total. The Hall–Kier alpha value is -4.07. The molecule has 42 heavy (non-hydrogen) atoms. The van der Waals surface area contributed by atoms with E-state index in [2.05, 4.69) is 13.2 Å². The maximum Gasteiger partial charge on any atom is 0.343 e. The minimum absolute atomic E-state index is 0.0311. The van der Waals surface area contributed by atoms with Crippen LogP contribution in [0.2, 0.25) is 0 Å². The van der Waals surface area contributed by atoms with Gasteiger partial charge in [0.1, 0.15) is 23.4 Å². The number of hydrogen-bond donors (Lipinski definition) is 0. The summed E-state index contributed by atoms with van der Waals surface area (Å²) in [5, 5.41) is 0. The number of unbranched alkanes of at least 4 members (excludes halogenated alkanes) is 7.